The first-order valence-electron chi connectivity index (χ1n) is 10.1. The van der Waals surface area contributed by atoms with Gasteiger partial charge in [-0.15, -0.1) is 0 Å². The van der Waals surface area contributed by atoms with Gasteiger partial charge in [0.05, 0.1) is 18.3 Å². The zero-order valence-corrected chi connectivity index (χ0v) is 21.0. The van der Waals surface area contributed by atoms with Crippen LogP contribution < -0.4 is 10.5 Å². The molecule has 3 N–H and O–H groups in total. The molecule has 31 heavy (non-hydrogen) atoms. The number of sulfonamides is 1. The summed E-state index contributed by atoms with van der Waals surface area (Å²) in [6.07, 6.45) is 1.14. The molecule has 0 spiro atoms. The minimum atomic E-state index is -3.35. The molecule has 0 saturated carbocycles. The van der Waals surface area contributed by atoms with Gasteiger partial charge in [-0.25, -0.2) is 13.1 Å². The summed E-state index contributed by atoms with van der Waals surface area (Å²) in [7, 11) is -3.35. The minimum absolute atomic E-state index is 0. The molecule has 0 fully saturated rings. The molecule has 4 nitrogen and oxygen atoms in total. The summed E-state index contributed by atoms with van der Waals surface area (Å²) in [6, 6.07) is 26.6. The number of nitrogens with two attached hydrogens (primary N) is 1. The molecule has 168 valence electrons. The summed E-state index contributed by atoms with van der Waals surface area (Å²) < 4.78 is 25.8. The van der Waals surface area contributed by atoms with Gasteiger partial charge in [-0.05, 0) is 29.5 Å². The maximum atomic E-state index is 11.6. The Hall–Kier alpha value is -1.85. The molecule has 0 aliphatic carbocycles. The largest absolute Gasteiger partial charge is 0.322 e. The number of aryl methyl sites for hydroxylation is 1. The number of benzene rings is 3. The number of nitrogens with one attached hydrogen (secondary N) is 1. The van der Waals surface area contributed by atoms with Gasteiger partial charge in [-0.1, -0.05) is 104 Å². The Morgan fingerprint density at radius 1 is 0.742 bits per heavy atom. The summed E-state index contributed by atoms with van der Waals surface area (Å²) in [4.78, 5) is 0. The Labute approximate surface area is 200 Å². The minimum Gasteiger partial charge on any atom is -0.322 e. The van der Waals surface area contributed by atoms with Crippen molar-refractivity contribution in [3.63, 3.8) is 0 Å². The molecular formula is C25H32N2O2RuS. The number of hydrogen-bond acceptors (Lipinski definition) is 3. The quantitative estimate of drug-likeness (QED) is 0.440. The van der Waals surface area contributed by atoms with Crippen molar-refractivity contribution < 1.29 is 27.9 Å². The van der Waals surface area contributed by atoms with Gasteiger partial charge in [0.1, 0.15) is 0 Å². The molecule has 0 amide bonds. The van der Waals surface area contributed by atoms with Crippen molar-refractivity contribution in [3.05, 3.63) is 107 Å². The third-order valence-electron chi connectivity index (χ3n) is 4.79. The maximum absolute atomic E-state index is 11.6. The third-order valence-corrected chi connectivity index (χ3v) is 5.47. The van der Waals surface area contributed by atoms with E-state index in [4.69, 9.17) is 5.73 Å². The molecule has 3 aromatic carbocycles. The van der Waals surface area contributed by atoms with Crippen molar-refractivity contribution in [3.8, 4) is 0 Å². The molecule has 3 rings (SSSR count). The van der Waals surface area contributed by atoms with E-state index in [1.54, 1.807) is 0 Å². The first kappa shape index (κ1) is 27.2. The van der Waals surface area contributed by atoms with Crippen LogP contribution in [0.25, 0.3) is 0 Å². The van der Waals surface area contributed by atoms with Gasteiger partial charge in [0.25, 0.3) is 0 Å². The van der Waals surface area contributed by atoms with E-state index in [0.717, 1.165) is 17.4 Å². The zero-order chi connectivity index (χ0) is 22.1. The first-order chi connectivity index (χ1) is 14.2. The summed E-state index contributed by atoms with van der Waals surface area (Å²) in [5, 5.41) is 0. The van der Waals surface area contributed by atoms with E-state index < -0.39 is 22.1 Å². The monoisotopic (exact) mass is 526 g/mol. The first-order valence-corrected chi connectivity index (χ1v) is 12.0. The third kappa shape index (κ3) is 9.45. The Balaban J connectivity index is 0.000000370. The number of hydrogen-bond donors (Lipinski definition) is 2. The van der Waals surface area contributed by atoms with Crippen molar-refractivity contribution in [2.45, 2.75) is 38.8 Å². The molecule has 0 saturated heterocycles. The molecule has 0 unspecified atom stereocenters. The average molecular weight is 526 g/mol. The van der Waals surface area contributed by atoms with Crippen molar-refractivity contribution in [2.75, 3.05) is 6.26 Å². The SMILES string of the molecule is CS(=O)(=O)N[C@@H](c1ccccc1)[C@@H](N)c1ccccc1.Cc1ccc(C(C)C)cc1.[Ru]. The van der Waals surface area contributed by atoms with Crippen LogP contribution in [0.15, 0.2) is 84.9 Å². The van der Waals surface area contributed by atoms with Crippen molar-refractivity contribution in [1.29, 1.82) is 0 Å². The second-order valence-electron chi connectivity index (χ2n) is 7.78. The standard InChI is InChI=1S/C15H18N2O2S.C10H14.Ru/c1-20(18,19)17-15(13-10-6-3-7-11-13)14(16)12-8-4-2-5-9-12;1-8(2)10-6-4-9(3)5-7-10;/h2-11,14-15,17H,16H2,1H3;4-8H,1-3H3;/t14-,15-;;/m0../s1. The van der Waals surface area contributed by atoms with Gasteiger partial charge in [0.15, 0.2) is 0 Å². The van der Waals surface area contributed by atoms with Gasteiger partial charge in [-0.2, -0.15) is 0 Å². The van der Waals surface area contributed by atoms with Crippen LogP contribution in [-0.4, -0.2) is 14.7 Å². The smallest absolute Gasteiger partial charge is 0.209 e. The van der Waals surface area contributed by atoms with Crippen molar-refractivity contribution >= 4 is 10.0 Å². The van der Waals surface area contributed by atoms with Gasteiger partial charge in [-0.3, -0.25) is 0 Å². The fourth-order valence-corrected chi connectivity index (χ4v) is 3.80. The predicted octanol–water partition coefficient (Wildman–Crippen LogP) is 5.09. The Bertz CT molecular complexity index is 993. The van der Waals surface area contributed by atoms with Crippen LogP contribution in [0.5, 0.6) is 0 Å². The molecule has 0 aliphatic heterocycles. The van der Waals surface area contributed by atoms with Crippen LogP contribution >= 0.6 is 0 Å². The predicted molar refractivity (Wildman–Crippen MR) is 126 cm³/mol. The molecule has 0 aliphatic rings. The topological polar surface area (TPSA) is 72.2 Å². The average Bonchev–Trinajstić information content (AvgIpc) is 2.73. The Morgan fingerprint density at radius 2 is 1.19 bits per heavy atom. The molecule has 2 atom stereocenters. The van der Waals surface area contributed by atoms with Crippen molar-refractivity contribution in [1.82, 2.24) is 4.72 Å². The maximum Gasteiger partial charge on any atom is 0.209 e. The zero-order valence-electron chi connectivity index (χ0n) is 18.5. The van der Waals surface area contributed by atoms with Crippen molar-refractivity contribution in [2.24, 2.45) is 5.73 Å². The molecule has 0 aromatic heterocycles. The normalized spacial score (nSPS) is 12.8. The van der Waals surface area contributed by atoms with E-state index in [1.165, 1.54) is 11.1 Å². The fraction of sp³-hybridized carbons (Fsp3) is 0.280. The van der Waals surface area contributed by atoms with E-state index in [0.29, 0.717) is 5.92 Å². The molecule has 0 radical (unpaired) electrons. The van der Waals surface area contributed by atoms with Gasteiger partial charge < -0.3 is 5.73 Å². The molecular weight excluding hydrogens is 493 g/mol. The van der Waals surface area contributed by atoms with E-state index >= 15 is 0 Å². The summed E-state index contributed by atoms with van der Waals surface area (Å²) in [5.74, 6) is 0.653. The molecule has 6 heteroatoms. The van der Waals surface area contributed by atoms with E-state index in [1.807, 2.05) is 60.7 Å². The molecule has 0 bridgehead atoms. The van der Waals surface area contributed by atoms with E-state index in [2.05, 4.69) is 49.8 Å². The van der Waals surface area contributed by atoms with Crippen LogP contribution in [0, 0.1) is 6.92 Å². The van der Waals surface area contributed by atoms with Gasteiger partial charge in [0.2, 0.25) is 10.0 Å². The van der Waals surface area contributed by atoms with Crippen LogP contribution in [0.4, 0.5) is 0 Å². The molecule has 0 heterocycles. The van der Waals surface area contributed by atoms with Crippen LogP contribution in [0.1, 0.15) is 54.1 Å². The summed E-state index contributed by atoms with van der Waals surface area (Å²) >= 11 is 0. The Morgan fingerprint density at radius 3 is 1.61 bits per heavy atom. The second kappa shape index (κ2) is 12.9. The van der Waals surface area contributed by atoms with Crippen LogP contribution in [0.3, 0.4) is 0 Å². The Kier molecular flexibility index (Phi) is 11.3. The summed E-state index contributed by atoms with van der Waals surface area (Å²) in [5.41, 5.74) is 10.7. The van der Waals surface area contributed by atoms with Gasteiger partial charge in [0, 0.05) is 19.5 Å². The summed E-state index contributed by atoms with van der Waals surface area (Å²) in [6.45, 7) is 6.54. The van der Waals surface area contributed by atoms with E-state index in [9.17, 15) is 8.42 Å². The fourth-order valence-electron chi connectivity index (χ4n) is 3.06. The number of rotatable bonds is 6. The second-order valence-corrected chi connectivity index (χ2v) is 9.56. The molecule has 3 aromatic rings. The van der Waals surface area contributed by atoms with Crippen LogP contribution in [-0.2, 0) is 29.5 Å². The van der Waals surface area contributed by atoms with E-state index in [-0.39, 0.29) is 19.5 Å². The van der Waals surface area contributed by atoms with Crippen LogP contribution in [0.2, 0.25) is 0 Å². The van der Waals surface area contributed by atoms with Gasteiger partial charge >= 0.3 is 0 Å².